The van der Waals surface area contributed by atoms with Crippen molar-refractivity contribution in [3.8, 4) is 11.8 Å². The van der Waals surface area contributed by atoms with Gasteiger partial charge in [0.25, 0.3) is 0 Å². The van der Waals surface area contributed by atoms with E-state index in [1.165, 1.54) is 7.11 Å². The summed E-state index contributed by atoms with van der Waals surface area (Å²) in [5.41, 5.74) is -0.877. The van der Waals surface area contributed by atoms with Gasteiger partial charge in [-0.1, -0.05) is 0 Å². The lowest BCUT2D eigenvalue weighted by atomic mass is 10.0. The quantitative estimate of drug-likeness (QED) is 0.794. The highest BCUT2D eigenvalue weighted by Crippen LogP contribution is 2.25. The number of carboxylic acids is 1. The number of ether oxygens (including phenoxy) is 1. The van der Waals surface area contributed by atoms with Crippen molar-refractivity contribution in [2.24, 2.45) is 0 Å². The molecule has 0 aliphatic rings. The molecular formula is C10H8FNO4. The van der Waals surface area contributed by atoms with Crippen LogP contribution in [0.3, 0.4) is 0 Å². The average Bonchev–Trinajstić information content (AvgIpc) is 2.28. The van der Waals surface area contributed by atoms with E-state index < -0.39 is 23.5 Å². The van der Waals surface area contributed by atoms with Crippen molar-refractivity contribution in [1.29, 1.82) is 5.26 Å². The van der Waals surface area contributed by atoms with Crippen LogP contribution in [0.15, 0.2) is 12.1 Å². The first-order valence-electron chi connectivity index (χ1n) is 4.19. The fourth-order valence-corrected chi connectivity index (χ4v) is 1.15. The molecule has 2 N–H and O–H groups in total. The third-order valence-corrected chi connectivity index (χ3v) is 1.96. The van der Waals surface area contributed by atoms with Gasteiger partial charge in [-0.05, 0) is 6.07 Å². The molecule has 1 aromatic rings. The van der Waals surface area contributed by atoms with Gasteiger partial charge >= 0.3 is 5.97 Å². The standard InChI is InChI=1S/C10H8FNO4/c1-16-6-2-5(4-12)8(11)7(3-6)9(13)10(14)15/h2-3,9,13H,1H3,(H,14,15). The minimum absolute atomic E-state index is 0.105. The molecule has 0 heterocycles. The van der Waals surface area contributed by atoms with Crippen LogP contribution in [0.25, 0.3) is 0 Å². The largest absolute Gasteiger partial charge is 0.497 e. The van der Waals surface area contributed by atoms with E-state index in [1.807, 2.05) is 0 Å². The molecule has 84 valence electrons. The van der Waals surface area contributed by atoms with Gasteiger partial charge in [0.05, 0.1) is 12.7 Å². The number of aliphatic hydroxyl groups is 1. The number of benzene rings is 1. The molecule has 1 aromatic carbocycles. The topological polar surface area (TPSA) is 90.5 Å². The van der Waals surface area contributed by atoms with Crippen molar-refractivity contribution < 1.29 is 24.1 Å². The Morgan fingerprint density at radius 2 is 2.25 bits per heavy atom. The van der Waals surface area contributed by atoms with Crippen molar-refractivity contribution in [2.75, 3.05) is 7.11 Å². The maximum atomic E-state index is 13.5. The van der Waals surface area contributed by atoms with Gasteiger partial charge in [-0.25, -0.2) is 9.18 Å². The first-order valence-corrected chi connectivity index (χ1v) is 4.19. The van der Waals surface area contributed by atoms with E-state index in [0.717, 1.165) is 12.1 Å². The Morgan fingerprint density at radius 3 is 2.69 bits per heavy atom. The number of halogens is 1. The van der Waals surface area contributed by atoms with Crippen LogP contribution in [-0.2, 0) is 4.79 Å². The normalized spacial score (nSPS) is 11.6. The van der Waals surface area contributed by atoms with E-state index in [0.29, 0.717) is 0 Å². The second-order valence-electron chi connectivity index (χ2n) is 2.93. The van der Waals surface area contributed by atoms with Gasteiger partial charge in [0.1, 0.15) is 17.6 Å². The Hall–Kier alpha value is -2.13. The number of rotatable bonds is 3. The number of hydrogen-bond acceptors (Lipinski definition) is 4. The van der Waals surface area contributed by atoms with E-state index in [9.17, 15) is 14.3 Å². The maximum Gasteiger partial charge on any atom is 0.337 e. The second kappa shape index (κ2) is 4.59. The summed E-state index contributed by atoms with van der Waals surface area (Å²) in [6, 6.07) is 3.70. The molecule has 0 spiro atoms. The van der Waals surface area contributed by atoms with Gasteiger partial charge in [-0.15, -0.1) is 0 Å². The summed E-state index contributed by atoms with van der Waals surface area (Å²) in [7, 11) is 1.28. The lowest BCUT2D eigenvalue weighted by Crippen LogP contribution is -2.13. The van der Waals surface area contributed by atoms with Crippen LogP contribution in [0.5, 0.6) is 5.75 Å². The Labute approximate surface area is 90.3 Å². The first-order chi connectivity index (χ1) is 7.51. The van der Waals surface area contributed by atoms with Crippen LogP contribution in [-0.4, -0.2) is 23.3 Å². The number of carbonyl (C=O) groups is 1. The summed E-state index contributed by atoms with van der Waals surface area (Å²) in [6.45, 7) is 0. The van der Waals surface area contributed by atoms with Gasteiger partial charge in [-0.2, -0.15) is 5.26 Å². The van der Waals surface area contributed by atoms with E-state index in [2.05, 4.69) is 0 Å². The highest BCUT2D eigenvalue weighted by molar-refractivity contribution is 5.74. The molecule has 1 atom stereocenters. The van der Waals surface area contributed by atoms with Crippen LogP contribution in [0, 0.1) is 17.1 Å². The zero-order chi connectivity index (χ0) is 12.3. The molecule has 16 heavy (non-hydrogen) atoms. The Bertz CT molecular complexity index is 467. The number of carboxylic acid groups (broad SMARTS) is 1. The van der Waals surface area contributed by atoms with Crippen molar-refractivity contribution in [1.82, 2.24) is 0 Å². The van der Waals surface area contributed by atoms with Gasteiger partial charge in [0.2, 0.25) is 0 Å². The van der Waals surface area contributed by atoms with E-state index in [4.69, 9.17) is 15.1 Å². The molecule has 0 saturated carbocycles. The molecule has 1 unspecified atom stereocenters. The summed E-state index contributed by atoms with van der Waals surface area (Å²) < 4.78 is 18.3. The fraction of sp³-hybridized carbons (Fsp3) is 0.200. The van der Waals surface area contributed by atoms with Crippen molar-refractivity contribution >= 4 is 5.97 Å². The van der Waals surface area contributed by atoms with Crippen LogP contribution < -0.4 is 4.74 Å². The smallest absolute Gasteiger partial charge is 0.337 e. The lowest BCUT2D eigenvalue weighted by Gasteiger charge is -2.10. The Kier molecular flexibility index (Phi) is 3.43. The first kappa shape index (κ1) is 11.9. The molecule has 6 heteroatoms. The zero-order valence-corrected chi connectivity index (χ0v) is 8.27. The summed E-state index contributed by atoms with van der Waals surface area (Å²) in [5.74, 6) is -2.55. The van der Waals surface area contributed by atoms with Crippen LogP contribution >= 0.6 is 0 Å². The molecule has 0 radical (unpaired) electrons. The fourth-order valence-electron chi connectivity index (χ4n) is 1.15. The lowest BCUT2D eigenvalue weighted by molar-refractivity contribution is -0.147. The van der Waals surface area contributed by atoms with Crippen molar-refractivity contribution in [2.45, 2.75) is 6.10 Å². The van der Waals surface area contributed by atoms with Crippen LogP contribution in [0.4, 0.5) is 4.39 Å². The number of aliphatic carboxylic acids is 1. The summed E-state index contributed by atoms with van der Waals surface area (Å²) in [6.07, 6.45) is -2.03. The van der Waals surface area contributed by atoms with E-state index >= 15 is 0 Å². The molecule has 0 bridgehead atoms. The van der Waals surface area contributed by atoms with Gasteiger partial charge in [-0.3, -0.25) is 0 Å². The minimum Gasteiger partial charge on any atom is -0.497 e. The highest BCUT2D eigenvalue weighted by Gasteiger charge is 2.23. The Balaban J connectivity index is 3.38. The Morgan fingerprint density at radius 1 is 1.62 bits per heavy atom. The molecule has 0 aliphatic heterocycles. The average molecular weight is 225 g/mol. The third-order valence-electron chi connectivity index (χ3n) is 1.96. The van der Waals surface area contributed by atoms with Crippen LogP contribution in [0.2, 0.25) is 0 Å². The number of methoxy groups -OCH3 is 1. The predicted molar refractivity (Wildman–Crippen MR) is 50.3 cm³/mol. The second-order valence-corrected chi connectivity index (χ2v) is 2.93. The monoisotopic (exact) mass is 225 g/mol. The van der Waals surface area contributed by atoms with Crippen molar-refractivity contribution in [3.63, 3.8) is 0 Å². The van der Waals surface area contributed by atoms with E-state index in [-0.39, 0.29) is 11.3 Å². The maximum absolute atomic E-state index is 13.5. The molecular weight excluding hydrogens is 217 g/mol. The summed E-state index contributed by atoms with van der Waals surface area (Å²) in [5, 5.41) is 26.4. The molecule has 0 saturated heterocycles. The molecule has 0 aliphatic carbocycles. The van der Waals surface area contributed by atoms with Gasteiger partial charge in [0.15, 0.2) is 6.10 Å². The van der Waals surface area contributed by atoms with Crippen LogP contribution in [0.1, 0.15) is 17.2 Å². The minimum atomic E-state index is -2.03. The zero-order valence-electron chi connectivity index (χ0n) is 8.27. The molecule has 0 aromatic heterocycles. The molecule has 0 amide bonds. The highest BCUT2D eigenvalue weighted by atomic mass is 19.1. The SMILES string of the molecule is COc1cc(C#N)c(F)c(C(O)C(=O)O)c1. The predicted octanol–water partition coefficient (Wildman–Crippen LogP) is 0.824. The van der Waals surface area contributed by atoms with Gasteiger partial charge < -0.3 is 14.9 Å². The summed E-state index contributed by atoms with van der Waals surface area (Å²) >= 11 is 0. The van der Waals surface area contributed by atoms with Crippen molar-refractivity contribution in [3.05, 3.63) is 29.1 Å². The third kappa shape index (κ3) is 2.10. The van der Waals surface area contributed by atoms with E-state index in [1.54, 1.807) is 6.07 Å². The molecule has 5 nitrogen and oxygen atoms in total. The number of nitriles is 1. The van der Waals surface area contributed by atoms with Gasteiger partial charge in [0, 0.05) is 11.6 Å². The summed E-state index contributed by atoms with van der Waals surface area (Å²) in [4.78, 5) is 10.5. The number of hydrogen-bond donors (Lipinski definition) is 2. The number of aliphatic hydroxyl groups excluding tert-OH is 1. The molecule has 1 rings (SSSR count). The number of nitrogens with zero attached hydrogens (tertiary/aromatic N) is 1. The molecule has 0 fully saturated rings.